The van der Waals surface area contributed by atoms with Crippen molar-refractivity contribution in [3.8, 4) is 12.1 Å². The Morgan fingerprint density at radius 2 is 2.03 bits per heavy atom. The van der Waals surface area contributed by atoms with Crippen molar-refractivity contribution in [2.24, 2.45) is 0 Å². The Labute approximate surface area is 191 Å². The monoisotopic (exact) mass is 499 g/mol. The van der Waals surface area contributed by atoms with E-state index in [0.29, 0.717) is 0 Å². The highest BCUT2D eigenvalue weighted by molar-refractivity contribution is 7.51. The standard InChI is InChI=1S/C19H20F2N5O7P/c20-19(21)2-4-25(8-19)14-10-1-3-26(17(10)24-12(6-23)11(14)5-22)18-16(28)15(27)13(33-18)7-32-9-34(29,30)31/h1,3,13,15-16,18,27-28H,2,4,7-9H2,(H2,29,30,31)/t13-,15-,16-,18-/m1/s1. The fourth-order valence-electron chi connectivity index (χ4n) is 4.18. The first-order chi connectivity index (χ1) is 16.0. The molecule has 0 bridgehead atoms. The molecule has 2 aromatic rings. The van der Waals surface area contributed by atoms with E-state index in [4.69, 9.17) is 19.3 Å². The van der Waals surface area contributed by atoms with Gasteiger partial charge in [-0.05, 0) is 6.07 Å². The number of hydrogen-bond donors (Lipinski definition) is 4. The van der Waals surface area contributed by atoms with Crippen LogP contribution in [-0.2, 0) is 14.0 Å². The topological polar surface area (TPSA) is 185 Å². The van der Waals surface area contributed by atoms with Crippen LogP contribution in [0.25, 0.3) is 11.0 Å². The summed E-state index contributed by atoms with van der Waals surface area (Å²) >= 11 is 0. The van der Waals surface area contributed by atoms with Gasteiger partial charge in [-0.25, -0.2) is 13.8 Å². The van der Waals surface area contributed by atoms with E-state index in [9.17, 15) is 34.1 Å². The van der Waals surface area contributed by atoms with Crippen molar-refractivity contribution in [1.29, 1.82) is 10.5 Å². The average Bonchev–Trinajstić information content (AvgIpc) is 3.42. The number of fused-ring (bicyclic) bond motifs is 1. The van der Waals surface area contributed by atoms with Crippen LogP contribution in [0.15, 0.2) is 12.3 Å². The summed E-state index contributed by atoms with van der Waals surface area (Å²) in [4.78, 5) is 23.3. The van der Waals surface area contributed by atoms with E-state index in [1.165, 1.54) is 21.7 Å². The molecule has 4 rings (SSSR count). The molecule has 4 heterocycles. The van der Waals surface area contributed by atoms with Crippen LogP contribution in [0.1, 0.15) is 23.9 Å². The molecular formula is C19H20F2N5O7P. The van der Waals surface area contributed by atoms with E-state index in [1.54, 1.807) is 6.07 Å². The predicted molar refractivity (Wildman–Crippen MR) is 110 cm³/mol. The minimum absolute atomic E-state index is 0.0446. The lowest BCUT2D eigenvalue weighted by Crippen LogP contribution is -2.34. The lowest BCUT2D eigenvalue weighted by Gasteiger charge is -2.22. The summed E-state index contributed by atoms with van der Waals surface area (Å²) in [6, 6.07) is 5.14. The van der Waals surface area contributed by atoms with Crippen molar-refractivity contribution < 1.29 is 42.8 Å². The normalized spacial score (nSPS) is 26.6. The van der Waals surface area contributed by atoms with Crippen LogP contribution >= 0.6 is 7.60 Å². The maximum absolute atomic E-state index is 13.9. The quantitative estimate of drug-likeness (QED) is 0.403. The second-order valence-electron chi connectivity index (χ2n) is 8.11. The second-order valence-corrected chi connectivity index (χ2v) is 9.69. The van der Waals surface area contributed by atoms with Crippen LogP contribution in [0.2, 0.25) is 0 Å². The molecule has 2 aliphatic rings. The van der Waals surface area contributed by atoms with Gasteiger partial charge < -0.3 is 38.9 Å². The van der Waals surface area contributed by atoms with Crippen LogP contribution in [-0.4, -0.2) is 79.8 Å². The number of halogens is 2. The summed E-state index contributed by atoms with van der Waals surface area (Å²) < 4.78 is 50.6. The van der Waals surface area contributed by atoms with Gasteiger partial charge in [-0.1, -0.05) is 0 Å². The smallest absolute Gasteiger partial charge is 0.350 e. The molecule has 182 valence electrons. The first-order valence-corrected chi connectivity index (χ1v) is 11.9. The van der Waals surface area contributed by atoms with Gasteiger partial charge in [-0.3, -0.25) is 4.57 Å². The molecule has 2 aromatic heterocycles. The number of nitriles is 2. The van der Waals surface area contributed by atoms with Crippen LogP contribution in [0.4, 0.5) is 14.5 Å². The number of anilines is 1. The number of ether oxygens (including phenoxy) is 2. The number of pyridine rings is 1. The van der Waals surface area contributed by atoms with E-state index in [1.807, 2.05) is 6.07 Å². The molecule has 34 heavy (non-hydrogen) atoms. The van der Waals surface area contributed by atoms with E-state index in [-0.39, 0.29) is 34.5 Å². The highest BCUT2D eigenvalue weighted by Crippen LogP contribution is 2.40. The molecule has 0 unspecified atom stereocenters. The van der Waals surface area contributed by atoms with Crippen molar-refractivity contribution >= 4 is 24.3 Å². The molecule has 2 fully saturated rings. The Kier molecular flexibility index (Phi) is 6.35. The van der Waals surface area contributed by atoms with Crippen molar-refractivity contribution in [2.45, 2.75) is 36.9 Å². The minimum Gasteiger partial charge on any atom is -0.387 e. The number of aromatic nitrogens is 2. The van der Waals surface area contributed by atoms with Gasteiger partial charge in [0, 0.05) is 24.5 Å². The van der Waals surface area contributed by atoms with Gasteiger partial charge in [0.15, 0.2) is 11.9 Å². The Hall–Kier alpha value is -2.68. The average molecular weight is 499 g/mol. The number of hydrogen-bond acceptors (Lipinski definition) is 9. The first kappa shape index (κ1) is 24.4. The van der Waals surface area contributed by atoms with Gasteiger partial charge in [0.1, 0.15) is 48.0 Å². The Bertz CT molecular complexity index is 1240. The molecule has 4 atom stereocenters. The molecule has 0 amide bonds. The van der Waals surface area contributed by atoms with Crippen molar-refractivity contribution in [3.05, 3.63) is 23.5 Å². The number of aliphatic hydroxyl groups is 2. The van der Waals surface area contributed by atoms with E-state index < -0.39 is 64.0 Å². The molecule has 0 spiro atoms. The number of alkyl halides is 2. The minimum atomic E-state index is -4.45. The molecule has 0 aliphatic carbocycles. The zero-order valence-corrected chi connectivity index (χ0v) is 18.3. The van der Waals surface area contributed by atoms with Gasteiger partial charge in [-0.15, -0.1) is 0 Å². The summed E-state index contributed by atoms with van der Waals surface area (Å²) in [6.45, 7) is -1.11. The van der Waals surface area contributed by atoms with E-state index in [0.717, 1.165) is 0 Å². The fourth-order valence-corrected chi connectivity index (χ4v) is 4.53. The van der Waals surface area contributed by atoms with Crippen LogP contribution < -0.4 is 4.90 Å². The summed E-state index contributed by atoms with van der Waals surface area (Å²) in [5, 5.41) is 40.3. The molecule has 0 saturated carbocycles. The Morgan fingerprint density at radius 1 is 1.29 bits per heavy atom. The van der Waals surface area contributed by atoms with Crippen LogP contribution in [0.3, 0.4) is 0 Å². The molecule has 2 saturated heterocycles. The second kappa shape index (κ2) is 8.83. The largest absolute Gasteiger partial charge is 0.387 e. The molecule has 4 N–H and O–H groups in total. The maximum Gasteiger partial charge on any atom is 0.350 e. The molecule has 0 aromatic carbocycles. The maximum atomic E-state index is 13.9. The zero-order chi connectivity index (χ0) is 24.8. The van der Waals surface area contributed by atoms with Gasteiger partial charge >= 0.3 is 7.60 Å². The Balaban J connectivity index is 1.71. The van der Waals surface area contributed by atoms with Crippen LogP contribution in [0.5, 0.6) is 0 Å². The molecular weight excluding hydrogens is 479 g/mol. The van der Waals surface area contributed by atoms with Gasteiger partial charge in [-0.2, -0.15) is 10.5 Å². The van der Waals surface area contributed by atoms with E-state index >= 15 is 0 Å². The highest BCUT2D eigenvalue weighted by atomic mass is 31.2. The molecule has 12 nitrogen and oxygen atoms in total. The van der Waals surface area contributed by atoms with Crippen molar-refractivity contribution in [3.63, 3.8) is 0 Å². The predicted octanol–water partition coefficient (Wildman–Crippen LogP) is 0.396. The third kappa shape index (κ3) is 4.50. The lowest BCUT2D eigenvalue weighted by molar-refractivity contribution is -0.0610. The lowest BCUT2D eigenvalue weighted by atomic mass is 10.1. The van der Waals surface area contributed by atoms with E-state index in [2.05, 4.69) is 4.98 Å². The molecule has 15 heteroatoms. The Morgan fingerprint density at radius 3 is 2.62 bits per heavy atom. The van der Waals surface area contributed by atoms with Gasteiger partial charge in [0.05, 0.1) is 18.8 Å². The summed E-state index contributed by atoms with van der Waals surface area (Å²) in [6.07, 6.45) is -5.29. The third-order valence-electron chi connectivity index (χ3n) is 5.69. The number of rotatable bonds is 6. The van der Waals surface area contributed by atoms with Crippen molar-refractivity contribution in [2.75, 3.05) is 30.9 Å². The van der Waals surface area contributed by atoms with Crippen molar-refractivity contribution in [1.82, 2.24) is 9.55 Å². The number of aliphatic hydroxyl groups excluding tert-OH is 2. The summed E-state index contributed by atoms with van der Waals surface area (Å²) in [5.74, 6) is -2.97. The number of nitrogens with zero attached hydrogens (tertiary/aromatic N) is 5. The summed E-state index contributed by atoms with van der Waals surface area (Å²) in [5.41, 5.74) is -0.264. The molecule has 0 radical (unpaired) electrons. The highest BCUT2D eigenvalue weighted by Gasteiger charge is 2.45. The van der Waals surface area contributed by atoms with Gasteiger partial charge in [0.2, 0.25) is 0 Å². The SMILES string of the molecule is N#Cc1nc2c(ccn2[C@@H]2O[C@H](COCP(=O)(O)O)[C@@H](O)[C@H]2O)c(N2CCC(F)(F)C2)c1C#N. The van der Waals surface area contributed by atoms with Gasteiger partial charge in [0.25, 0.3) is 5.92 Å². The fraction of sp³-hybridized carbons (Fsp3) is 0.526. The van der Waals surface area contributed by atoms with Crippen LogP contribution in [0, 0.1) is 22.7 Å². The first-order valence-electron chi connectivity index (χ1n) is 10.1. The molecule has 2 aliphatic heterocycles. The third-order valence-corrected chi connectivity index (χ3v) is 6.21. The summed E-state index contributed by atoms with van der Waals surface area (Å²) in [7, 11) is -4.45. The zero-order valence-electron chi connectivity index (χ0n) is 17.5.